The van der Waals surface area contributed by atoms with E-state index in [1.54, 1.807) is 35.1 Å². The summed E-state index contributed by atoms with van der Waals surface area (Å²) in [5.74, 6) is -0.958. The van der Waals surface area contributed by atoms with Gasteiger partial charge in [0.05, 0.1) is 5.57 Å². The number of hydrogen-bond donors (Lipinski definition) is 1. The molecule has 1 atom stereocenters. The second-order valence-electron chi connectivity index (χ2n) is 3.90. The normalized spacial score (nSPS) is 11.7. The van der Waals surface area contributed by atoms with E-state index in [-0.39, 0.29) is 11.6 Å². The highest BCUT2D eigenvalue weighted by molar-refractivity contribution is 7.13. The molecule has 1 aromatic rings. The lowest BCUT2D eigenvalue weighted by Crippen LogP contribution is -2.15. The molecule has 0 aliphatic carbocycles. The van der Waals surface area contributed by atoms with Gasteiger partial charge in [0.25, 0.3) is 0 Å². The van der Waals surface area contributed by atoms with E-state index in [4.69, 9.17) is 11.6 Å². The van der Waals surface area contributed by atoms with Crippen molar-refractivity contribution in [1.29, 1.82) is 0 Å². The Bertz CT molecular complexity index is 429. The van der Waals surface area contributed by atoms with Crippen molar-refractivity contribution in [2.75, 3.05) is 0 Å². The third-order valence-corrected chi connectivity index (χ3v) is 3.26. The summed E-state index contributed by atoms with van der Waals surface area (Å²) in [6, 6.07) is 6.95. The summed E-state index contributed by atoms with van der Waals surface area (Å²) in [5, 5.41) is 9.78. The molecule has 5 heteroatoms. The van der Waals surface area contributed by atoms with E-state index in [0.717, 1.165) is 0 Å². The van der Waals surface area contributed by atoms with E-state index in [2.05, 4.69) is 9.39 Å². The smallest absolute Gasteiger partial charge is 0.337 e. The van der Waals surface area contributed by atoms with Gasteiger partial charge < -0.3 is 9.78 Å². The van der Waals surface area contributed by atoms with Crippen molar-refractivity contribution in [2.45, 2.75) is 19.9 Å². The van der Waals surface area contributed by atoms with Crippen LogP contribution in [0, 0.1) is 0 Å². The first-order valence-corrected chi connectivity index (χ1v) is 6.05. The summed E-state index contributed by atoms with van der Waals surface area (Å²) in [6.07, 6.45) is 1.60. The van der Waals surface area contributed by atoms with Gasteiger partial charge in [-0.15, -0.1) is 0 Å². The lowest BCUT2D eigenvalue weighted by molar-refractivity contribution is -0.130. The number of nitrogens with zero attached hydrogens (tertiary/aromatic N) is 1. The van der Waals surface area contributed by atoms with Crippen LogP contribution in [0.25, 0.3) is 5.57 Å². The van der Waals surface area contributed by atoms with Crippen molar-refractivity contribution in [3.8, 4) is 0 Å². The summed E-state index contributed by atoms with van der Waals surface area (Å²) < 4.78 is 1.78. The van der Waals surface area contributed by atoms with Crippen LogP contribution >= 0.6 is 21.0 Å². The van der Waals surface area contributed by atoms with Gasteiger partial charge in [0.15, 0.2) is 0 Å². The molecule has 0 spiro atoms. The monoisotopic (exact) mass is 271 g/mol. The molecule has 0 aromatic heterocycles. The Morgan fingerprint density at radius 1 is 1.41 bits per heavy atom. The average Bonchev–Trinajstić information content (AvgIpc) is 2.26. The summed E-state index contributed by atoms with van der Waals surface area (Å²) in [5.41, 5.74) is 0.875. The maximum atomic E-state index is 11.2. The van der Waals surface area contributed by atoms with Gasteiger partial charge in [0.2, 0.25) is 0 Å². The van der Waals surface area contributed by atoms with Crippen molar-refractivity contribution in [2.24, 2.45) is 0 Å². The number of halogens is 1. The predicted octanol–water partition coefficient (Wildman–Crippen LogP) is 3.27. The molecule has 0 bridgehead atoms. The van der Waals surface area contributed by atoms with Crippen molar-refractivity contribution in [1.82, 2.24) is 4.67 Å². The Labute approximate surface area is 108 Å². The van der Waals surface area contributed by atoms with Gasteiger partial charge in [-0.3, -0.25) is 0 Å². The lowest BCUT2D eigenvalue weighted by Gasteiger charge is -2.19. The molecule has 92 valence electrons. The van der Waals surface area contributed by atoms with E-state index in [9.17, 15) is 9.90 Å². The minimum absolute atomic E-state index is 0.210. The summed E-state index contributed by atoms with van der Waals surface area (Å²) >= 11 is 5.77. The molecule has 0 radical (unpaired) electrons. The fourth-order valence-corrected chi connectivity index (χ4v) is 1.46. The Morgan fingerprint density at radius 3 is 2.35 bits per heavy atom. The molecule has 0 amide bonds. The number of aliphatic carboxylic acids is 1. The van der Waals surface area contributed by atoms with Crippen molar-refractivity contribution >= 4 is 32.5 Å². The molecule has 0 aliphatic rings. The summed E-state index contributed by atoms with van der Waals surface area (Å²) in [4.78, 5) is 11.2. The van der Waals surface area contributed by atoms with Crippen LogP contribution < -0.4 is 0 Å². The van der Waals surface area contributed by atoms with E-state index in [1.807, 2.05) is 13.8 Å². The topological polar surface area (TPSA) is 40.5 Å². The zero-order valence-electron chi connectivity index (χ0n) is 9.72. The van der Waals surface area contributed by atoms with Gasteiger partial charge in [0.1, 0.15) is 0 Å². The quantitative estimate of drug-likeness (QED) is 0.675. The summed E-state index contributed by atoms with van der Waals surface area (Å²) in [7, 11) is 2.49. The standard InChI is InChI=1S/C12H15ClNO2P/c1-8(2)14(17)7-11(12(15)16)9-3-5-10(13)6-4-9/h3-8H,17H2,1-2H3,(H,15,16)/b11-7+. The van der Waals surface area contributed by atoms with Crippen LogP contribution in [0.15, 0.2) is 30.5 Å². The number of carboxylic acid groups (broad SMARTS) is 1. The Balaban J connectivity index is 3.10. The molecule has 3 nitrogen and oxygen atoms in total. The second kappa shape index (κ2) is 6.04. The number of carbonyl (C=O) groups is 1. The van der Waals surface area contributed by atoms with Gasteiger partial charge in [-0.05, 0) is 40.9 Å². The van der Waals surface area contributed by atoms with E-state index >= 15 is 0 Å². The van der Waals surface area contributed by atoms with Crippen molar-refractivity contribution in [3.05, 3.63) is 41.1 Å². The van der Waals surface area contributed by atoms with Gasteiger partial charge in [0, 0.05) is 17.3 Å². The van der Waals surface area contributed by atoms with E-state index in [1.165, 1.54) is 0 Å². The first-order chi connectivity index (χ1) is 7.91. The molecule has 0 saturated carbocycles. The maximum absolute atomic E-state index is 11.2. The fraction of sp³-hybridized carbons (Fsp3) is 0.250. The van der Waals surface area contributed by atoms with Crippen LogP contribution in [0.4, 0.5) is 0 Å². The van der Waals surface area contributed by atoms with Crippen LogP contribution in [0.2, 0.25) is 5.02 Å². The fourth-order valence-electron chi connectivity index (χ4n) is 1.18. The molecule has 1 aromatic carbocycles. The molecule has 1 unspecified atom stereocenters. The van der Waals surface area contributed by atoms with Gasteiger partial charge in [-0.1, -0.05) is 23.7 Å². The Morgan fingerprint density at radius 2 is 1.94 bits per heavy atom. The van der Waals surface area contributed by atoms with Crippen molar-refractivity contribution in [3.63, 3.8) is 0 Å². The van der Waals surface area contributed by atoms with Crippen LogP contribution in [0.3, 0.4) is 0 Å². The first-order valence-electron chi connectivity index (χ1n) is 5.16. The van der Waals surface area contributed by atoms with Crippen LogP contribution in [0.1, 0.15) is 19.4 Å². The molecule has 17 heavy (non-hydrogen) atoms. The third-order valence-electron chi connectivity index (χ3n) is 2.26. The average molecular weight is 272 g/mol. The van der Waals surface area contributed by atoms with Crippen LogP contribution in [-0.2, 0) is 4.79 Å². The van der Waals surface area contributed by atoms with E-state index in [0.29, 0.717) is 10.6 Å². The Kier molecular flexibility index (Phi) is 4.98. The highest BCUT2D eigenvalue weighted by Gasteiger charge is 2.12. The number of benzene rings is 1. The predicted molar refractivity (Wildman–Crippen MR) is 73.7 cm³/mol. The maximum Gasteiger partial charge on any atom is 0.337 e. The second-order valence-corrected chi connectivity index (χ2v) is 4.93. The molecule has 1 N–H and O–H groups in total. The van der Waals surface area contributed by atoms with Crippen molar-refractivity contribution < 1.29 is 9.90 Å². The molecule has 0 aliphatic heterocycles. The SMILES string of the molecule is CC(C)N(P)/C=C(/C(=O)O)c1ccc(Cl)cc1. The molecular weight excluding hydrogens is 257 g/mol. The lowest BCUT2D eigenvalue weighted by atomic mass is 10.1. The zero-order valence-corrected chi connectivity index (χ0v) is 11.6. The van der Waals surface area contributed by atoms with Gasteiger partial charge >= 0.3 is 5.97 Å². The number of rotatable bonds is 4. The van der Waals surface area contributed by atoms with E-state index < -0.39 is 5.97 Å². The highest BCUT2D eigenvalue weighted by atomic mass is 35.5. The largest absolute Gasteiger partial charge is 0.478 e. The Hall–Kier alpha value is -1.05. The molecule has 0 saturated heterocycles. The number of hydrogen-bond acceptors (Lipinski definition) is 2. The molecule has 0 heterocycles. The molecule has 1 rings (SSSR count). The minimum atomic E-state index is -0.958. The highest BCUT2D eigenvalue weighted by Crippen LogP contribution is 2.20. The third kappa shape index (κ3) is 4.03. The molecular formula is C12H15ClNO2P. The van der Waals surface area contributed by atoms with Gasteiger partial charge in [-0.2, -0.15) is 0 Å². The van der Waals surface area contributed by atoms with Crippen LogP contribution in [-0.4, -0.2) is 21.8 Å². The minimum Gasteiger partial charge on any atom is -0.478 e. The van der Waals surface area contributed by atoms with Gasteiger partial charge in [-0.25, -0.2) is 4.79 Å². The molecule has 0 fully saturated rings. The summed E-state index contributed by atoms with van der Waals surface area (Å²) in [6.45, 7) is 3.95. The number of carboxylic acids is 1. The first kappa shape index (κ1) is 14.0. The zero-order chi connectivity index (χ0) is 13.0. The van der Waals surface area contributed by atoms with Crippen LogP contribution in [0.5, 0.6) is 0 Å².